The first-order valence-corrected chi connectivity index (χ1v) is 62.8. The van der Waals surface area contributed by atoms with Crippen molar-refractivity contribution in [1.29, 1.82) is 0 Å². The zero-order valence-corrected chi connectivity index (χ0v) is 96.2. The highest BCUT2D eigenvalue weighted by atomic mass is 16.5. The Balaban J connectivity index is 1.83. The van der Waals surface area contributed by atoms with Crippen LogP contribution in [0.2, 0.25) is 0 Å². The molecule has 0 aliphatic heterocycles. The van der Waals surface area contributed by atoms with Gasteiger partial charge in [0.25, 0.3) is 23.6 Å². The number of nitrogens with zero attached hydrogens (tertiary/aromatic N) is 2. The van der Waals surface area contributed by atoms with Gasteiger partial charge in [-0.3, -0.25) is 19.2 Å². The summed E-state index contributed by atoms with van der Waals surface area (Å²) in [6, 6.07) is 22.2. The molecule has 4 aromatic carbocycles. The van der Waals surface area contributed by atoms with Gasteiger partial charge >= 0.3 is 0 Å². The third-order valence-corrected chi connectivity index (χ3v) is 29.4. The summed E-state index contributed by atoms with van der Waals surface area (Å²) in [5.41, 5.74) is 1.68. The highest BCUT2D eigenvalue weighted by molar-refractivity contribution is 5.97. The average Bonchev–Trinajstić information content (AvgIpc) is 0.823. The van der Waals surface area contributed by atoms with Gasteiger partial charge in [0.2, 0.25) is 0 Å². The lowest BCUT2D eigenvalue weighted by Gasteiger charge is -2.29. The van der Waals surface area contributed by atoms with E-state index < -0.39 is 0 Å². The zero-order valence-electron chi connectivity index (χ0n) is 96.2. The maximum absolute atomic E-state index is 16.0. The molecule has 0 bridgehead atoms. The average molecular weight is 2040 g/mol. The topological polar surface area (TPSA) is 173 Å². The summed E-state index contributed by atoms with van der Waals surface area (Å²) in [6.07, 6.45) is 97.4. The molecule has 4 rings (SSSR count). The molecule has 16 heteroatoms. The number of hydrogen-bond acceptors (Lipinski definition) is 12. The van der Waals surface area contributed by atoms with Gasteiger partial charge in [-0.25, -0.2) is 0 Å². The molecule has 16 nitrogen and oxygen atoms in total. The van der Waals surface area contributed by atoms with Crippen molar-refractivity contribution in [3.05, 3.63) is 95.1 Å². The van der Waals surface area contributed by atoms with E-state index in [1.807, 2.05) is 72.8 Å². The summed E-state index contributed by atoms with van der Waals surface area (Å²) >= 11 is 0. The normalized spacial score (nSPS) is 11.4. The number of carbonyl (C=O) groups excluding carboxylic acids is 4. The van der Waals surface area contributed by atoms with Crippen molar-refractivity contribution in [3.63, 3.8) is 0 Å². The molecule has 146 heavy (non-hydrogen) atoms. The largest absolute Gasteiger partial charge is 0.490 e. The quantitative estimate of drug-likeness (QED) is 0.0401. The summed E-state index contributed by atoms with van der Waals surface area (Å²) in [4.78, 5) is 65.3. The van der Waals surface area contributed by atoms with Crippen molar-refractivity contribution >= 4 is 23.6 Å². The number of nitrogens with one attached hydrogen (secondary N) is 2. The van der Waals surface area contributed by atoms with E-state index >= 15 is 9.59 Å². The molecular formula is C130H226N4O12. The van der Waals surface area contributed by atoms with Crippen LogP contribution in [0, 0.1) is 0 Å². The fraction of sp³-hybridized carbons (Fsp3) is 0.785. The van der Waals surface area contributed by atoms with Crippen LogP contribution in [-0.4, -0.2) is 126 Å². The monoisotopic (exact) mass is 2040 g/mol. The smallest absolute Gasteiger partial charge is 0.254 e. The van der Waals surface area contributed by atoms with E-state index in [1.54, 1.807) is 9.80 Å². The Morgan fingerprint density at radius 1 is 0.171 bits per heavy atom. The molecule has 4 aromatic rings. The Labute approximate surface area is 897 Å². The van der Waals surface area contributed by atoms with E-state index in [1.165, 1.54) is 398 Å². The fourth-order valence-electron chi connectivity index (χ4n) is 19.7. The lowest BCUT2D eigenvalue weighted by atomic mass is 10.1. The second kappa shape index (κ2) is 97.6. The summed E-state index contributed by atoms with van der Waals surface area (Å²) in [6.45, 7) is 22.9. The van der Waals surface area contributed by atoms with Gasteiger partial charge in [-0.15, -0.1) is 0 Å². The van der Waals surface area contributed by atoms with Crippen LogP contribution >= 0.6 is 0 Å². The first-order valence-electron chi connectivity index (χ1n) is 62.8. The van der Waals surface area contributed by atoms with Gasteiger partial charge < -0.3 is 58.3 Å². The number of ether oxygens (including phenoxy) is 8. The maximum atomic E-state index is 16.0. The van der Waals surface area contributed by atoms with Crippen LogP contribution < -0.4 is 48.5 Å². The van der Waals surface area contributed by atoms with Crippen molar-refractivity contribution in [3.8, 4) is 46.0 Å². The molecule has 0 saturated heterocycles. The Kier molecular flexibility index (Phi) is 87.9. The van der Waals surface area contributed by atoms with E-state index in [2.05, 4.69) is 66.0 Å². The molecule has 0 aliphatic carbocycles. The number of carbonyl (C=O) groups is 4. The number of unbranched alkanes of at least 4 members (excludes halogenated alkanes) is 72. The molecule has 0 atom stereocenters. The minimum absolute atomic E-state index is 0.0741. The van der Waals surface area contributed by atoms with Gasteiger partial charge in [0.1, 0.15) is 0 Å². The van der Waals surface area contributed by atoms with Gasteiger partial charge in [-0.05, 0) is 124 Å². The highest BCUT2D eigenvalue weighted by Gasteiger charge is 2.26. The number of amides is 4. The lowest BCUT2D eigenvalue weighted by molar-refractivity contribution is 0.0659. The van der Waals surface area contributed by atoms with Crippen LogP contribution in [0.15, 0.2) is 72.8 Å². The number of benzene rings is 4. The Bertz CT molecular complexity index is 3430. The van der Waals surface area contributed by atoms with Crippen LogP contribution in [0.3, 0.4) is 0 Å². The van der Waals surface area contributed by atoms with Crippen LogP contribution in [-0.2, 0) is 0 Å². The van der Waals surface area contributed by atoms with Crippen LogP contribution in [0.1, 0.15) is 610 Å². The lowest BCUT2D eigenvalue weighted by Crippen LogP contribution is -2.46. The second-order valence-electron chi connectivity index (χ2n) is 43.0. The summed E-state index contributed by atoms with van der Waals surface area (Å²) < 4.78 is 53.1. The first kappa shape index (κ1) is 131. The predicted octanol–water partition coefficient (Wildman–Crippen LogP) is 38.5. The molecule has 838 valence electrons. The Hall–Kier alpha value is -6.84. The van der Waals surface area contributed by atoms with Crippen LogP contribution in [0.4, 0.5) is 0 Å². The van der Waals surface area contributed by atoms with Gasteiger partial charge in [-0.1, -0.05) is 518 Å². The molecule has 0 aliphatic rings. The Morgan fingerprint density at radius 3 is 0.473 bits per heavy atom. The van der Waals surface area contributed by atoms with Gasteiger partial charge in [-0.2, -0.15) is 0 Å². The molecule has 4 amide bonds. The van der Waals surface area contributed by atoms with Gasteiger partial charge in [0.05, 0.1) is 52.9 Å². The molecule has 0 fully saturated rings. The van der Waals surface area contributed by atoms with Crippen molar-refractivity contribution in [1.82, 2.24) is 20.4 Å². The van der Waals surface area contributed by atoms with E-state index in [0.29, 0.717) is 121 Å². The zero-order chi connectivity index (χ0) is 104. The summed E-state index contributed by atoms with van der Waals surface area (Å²) in [5, 5.41) is 6.46. The molecule has 0 radical (unpaired) electrons. The minimum Gasteiger partial charge on any atom is -0.490 e. The van der Waals surface area contributed by atoms with Gasteiger partial charge in [0, 0.05) is 61.5 Å². The third-order valence-electron chi connectivity index (χ3n) is 29.4. The number of rotatable bonds is 109. The van der Waals surface area contributed by atoms with E-state index in [4.69, 9.17) is 37.9 Å². The van der Waals surface area contributed by atoms with Gasteiger partial charge in [0.15, 0.2) is 46.0 Å². The minimum atomic E-state index is -0.303. The molecule has 0 saturated carbocycles. The molecule has 0 spiro atoms. The van der Waals surface area contributed by atoms with E-state index in [-0.39, 0.29) is 62.9 Å². The number of hydrogen-bond donors (Lipinski definition) is 2. The van der Waals surface area contributed by atoms with Crippen LogP contribution in [0.5, 0.6) is 46.0 Å². The predicted molar refractivity (Wildman–Crippen MR) is 621 cm³/mol. The summed E-state index contributed by atoms with van der Waals surface area (Å²) in [5.74, 6) is 3.51. The standard InChI is InChI=1S/C130H226N4O12/c1-9-17-25-33-41-49-57-65-73-81-103-139-119-93-89-115(111-123(119)143-107-85-77-69-61-53-45-37-29-21-13-5)127(135)131-97-99-133(129(137)117-91-95-121(141-105-83-75-67-59-51-43-35-27-19-11-3)125(113-117)145-109-87-79-71-63-55-47-39-31-23-15-7)101-102-134(130(138)118-92-96-122(142-106-84-76-68-60-52-44-36-28-20-12-4)126(114-118)146-110-88-80-72-64-56-48-40-32-24-16-8)100-98-132-128(136)116-90-94-120(140-104-82-74-66-58-50-42-34-26-18-10-2)124(112-116)144-108-86-78-70-62-54-46-38-30-22-14-6/h89-96,111-114H,9-88,97-110H2,1-8H3,(H,131,135)(H,132,136). The first-order chi connectivity index (χ1) is 72.0. The highest BCUT2D eigenvalue weighted by Crippen LogP contribution is 2.36. The van der Waals surface area contributed by atoms with E-state index in [9.17, 15) is 9.59 Å². The molecule has 0 heterocycles. The molecular weight excluding hydrogens is 1810 g/mol. The van der Waals surface area contributed by atoms with Crippen molar-refractivity contribution in [2.24, 2.45) is 0 Å². The van der Waals surface area contributed by atoms with Crippen molar-refractivity contribution in [2.45, 2.75) is 569 Å². The second-order valence-corrected chi connectivity index (χ2v) is 43.0. The molecule has 0 unspecified atom stereocenters. The van der Waals surface area contributed by atoms with Crippen molar-refractivity contribution < 1.29 is 57.1 Å². The molecule has 2 N–H and O–H groups in total. The Morgan fingerprint density at radius 2 is 0.308 bits per heavy atom. The van der Waals surface area contributed by atoms with Crippen LogP contribution in [0.25, 0.3) is 0 Å². The van der Waals surface area contributed by atoms with E-state index in [0.717, 1.165) is 116 Å². The SMILES string of the molecule is CCCCCCCCCCCCOc1ccc(C(=O)NCCN(CCN(CCNC(=O)c2ccc(OCCCCCCCCCCCC)c(OCCCCCCCCCCCC)c2)C(=O)c2ccc(OCCCCCCCCCCCC)c(OCCCCCCCCCCCC)c2)C(=O)c2ccc(OCCCCCCCCCCCC)c(OCCCCCCCCCCCC)c2)cc1OCCCCCCCCCCCC. The maximum Gasteiger partial charge on any atom is 0.254 e. The summed E-state index contributed by atoms with van der Waals surface area (Å²) in [7, 11) is 0. The van der Waals surface area contributed by atoms with Crippen molar-refractivity contribution in [2.75, 3.05) is 92.1 Å². The third kappa shape index (κ3) is 70.3. The fourth-order valence-corrected chi connectivity index (χ4v) is 19.7. The molecule has 0 aromatic heterocycles.